The Labute approximate surface area is 150 Å². The highest BCUT2D eigenvalue weighted by atomic mass is 32.1. The molecule has 132 valence electrons. The average molecular weight is 359 g/mol. The monoisotopic (exact) mass is 359 g/mol. The van der Waals surface area contributed by atoms with Gasteiger partial charge in [0.1, 0.15) is 22.6 Å². The van der Waals surface area contributed by atoms with E-state index in [4.69, 9.17) is 9.47 Å². The molecule has 1 amide bonds. The normalized spacial score (nSPS) is 19.8. The Bertz CT molecular complexity index is 743. The van der Waals surface area contributed by atoms with Gasteiger partial charge < -0.3 is 14.8 Å². The third-order valence-electron chi connectivity index (χ3n) is 4.39. The third-order valence-corrected chi connectivity index (χ3v) is 5.37. The second-order valence-corrected chi connectivity index (χ2v) is 7.42. The van der Waals surface area contributed by atoms with Crippen molar-refractivity contribution in [1.82, 2.24) is 15.2 Å². The minimum absolute atomic E-state index is 0.104. The van der Waals surface area contributed by atoms with Crippen molar-refractivity contribution in [3.8, 4) is 11.5 Å². The van der Waals surface area contributed by atoms with Crippen molar-refractivity contribution in [1.29, 1.82) is 0 Å². The number of rotatable bonds is 5. The lowest BCUT2D eigenvalue weighted by Gasteiger charge is -2.26. The summed E-state index contributed by atoms with van der Waals surface area (Å²) in [5, 5.41) is 3.92. The van der Waals surface area contributed by atoms with Gasteiger partial charge in [-0.2, -0.15) is 0 Å². The minimum Gasteiger partial charge on any atom is -0.486 e. The molecule has 25 heavy (non-hydrogen) atoms. The predicted molar refractivity (Wildman–Crippen MR) is 95.3 cm³/mol. The SMILES string of the molecule is O=C(NC[C@H]1COc2ccccc2O1)c1cnc(CN2CCCC2)s1. The summed E-state index contributed by atoms with van der Waals surface area (Å²) in [6, 6.07) is 7.57. The van der Waals surface area contributed by atoms with Gasteiger partial charge in [0.15, 0.2) is 11.5 Å². The molecular weight excluding hydrogens is 338 g/mol. The Morgan fingerprint density at radius 1 is 1.28 bits per heavy atom. The van der Waals surface area contributed by atoms with Crippen LogP contribution in [0.4, 0.5) is 0 Å². The van der Waals surface area contributed by atoms with Crippen LogP contribution >= 0.6 is 11.3 Å². The van der Waals surface area contributed by atoms with E-state index in [1.54, 1.807) is 6.20 Å². The van der Waals surface area contributed by atoms with Crippen LogP contribution in [0.15, 0.2) is 30.5 Å². The van der Waals surface area contributed by atoms with Gasteiger partial charge >= 0.3 is 0 Å². The zero-order valence-electron chi connectivity index (χ0n) is 13.9. The highest BCUT2D eigenvalue weighted by molar-refractivity contribution is 7.13. The number of aromatic nitrogens is 1. The van der Waals surface area contributed by atoms with Crippen molar-refractivity contribution in [3.63, 3.8) is 0 Å². The van der Waals surface area contributed by atoms with Crippen LogP contribution < -0.4 is 14.8 Å². The quantitative estimate of drug-likeness (QED) is 0.888. The highest BCUT2D eigenvalue weighted by Gasteiger charge is 2.22. The molecule has 6 nitrogen and oxygen atoms in total. The number of thiazole rings is 1. The molecule has 1 fully saturated rings. The lowest BCUT2D eigenvalue weighted by molar-refractivity contribution is 0.0791. The standard InChI is InChI=1S/C18H21N3O3S/c22-18(16-10-19-17(25-16)11-21-7-3-4-8-21)20-9-13-12-23-14-5-1-2-6-15(14)24-13/h1-2,5-6,10,13H,3-4,7-9,11-12H2,(H,20,22)/t13-/m0/s1. The molecular formula is C18H21N3O3S. The second kappa shape index (κ2) is 7.41. The summed E-state index contributed by atoms with van der Waals surface area (Å²) in [4.78, 5) is 19.7. The number of amides is 1. The third kappa shape index (κ3) is 3.93. The van der Waals surface area contributed by atoms with Gasteiger partial charge in [-0.25, -0.2) is 4.98 Å². The summed E-state index contributed by atoms with van der Waals surface area (Å²) in [5.41, 5.74) is 0. The van der Waals surface area contributed by atoms with Crippen molar-refractivity contribution in [2.45, 2.75) is 25.5 Å². The van der Waals surface area contributed by atoms with Gasteiger partial charge in [-0.05, 0) is 38.1 Å². The van der Waals surface area contributed by atoms with Crippen LogP contribution in [0.5, 0.6) is 11.5 Å². The van der Waals surface area contributed by atoms with E-state index in [0.717, 1.165) is 36.1 Å². The number of likely N-dealkylation sites (tertiary alicyclic amines) is 1. The number of ether oxygens (including phenoxy) is 2. The lowest BCUT2D eigenvalue weighted by Crippen LogP contribution is -2.40. The number of carbonyl (C=O) groups is 1. The Morgan fingerprint density at radius 3 is 2.92 bits per heavy atom. The first kappa shape index (κ1) is 16.4. The van der Waals surface area contributed by atoms with Gasteiger partial charge in [-0.15, -0.1) is 11.3 Å². The van der Waals surface area contributed by atoms with Crippen molar-refractivity contribution in [3.05, 3.63) is 40.3 Å². The van der Waals surface area contributed by atoms with E-state index >= 15 is 0 Å². The first-order valence-corrected chi connectivity index (χ1v) is 9.43. The molecule has 7 heteroatoms. The highest BCUT2D eigenvalue weighted by Crippen LogP contribution is 2.30. The number of carbonyl (C=O) groups excluding carboxylic acids is 1. The van der Waals surface area contributed by atoms with E-state index < -0.39 is 0 Å². The molecule has 4 rings (SSSR count). The fraction of sp³-hybridized carbons (Fsp3) is 0.444. The molecule has 1 aromatic heterocycles. The second-order valence-electron chi connectivity index (χ2n) is 6.31. The summed E-state index contributed by atoms with van der Waals surface area (Å²) in [5.74, 6) is 1.37. The summed E-state index contributed by atoms with van der Waals surface area (Å²) in [6.45, 7) is 3.93. The summed E-state index contributed by atoms with van der Waals surface area (Å²) in [6.07, 6.45) is 3.99. The fourth-order valence-electron chi connectivity index (χ4n) is 3.08. The molecule has 0 unspecified atom stereocenters. The van der Waals surface area contributed by atoms with E-state index in [-0.39, 0.29) is 12.0 Å². The maximum atomic E-state index is 12.3. The van der Waals surface area contributed by atoms with E-state index in [0.29, 0.717) is 18.0 Å². The average Bonchev–Trinajstić information content (AvgIpc) is 3.32. The number of benzene rings is 1. The van der Waals surface area contributed by atoms with Crippen LogP contribution in [0, 0.1) is 0 Å². The molecule has 0 spiro atoms. The molecule has 1 saturated heterocycles. The number of para-hydroxylation sites is 2. The molecule has 2 aromatic rings. The van der Waals surface area contributed by atoms with E-state index in [1.807, 2.05) is 24.3 Å². The summed E-state index contributed by atoms with van der Waals surface area (Å²) < 4.78 is 11.5. The zero-order valence-corrected chi connectivity index (χ0v) is 14.8. The smallest absolute Gasteiger partial charge is 0.263 e. The van der Waals surface area contributed by atoms with Crippen molar-refractivity contribution in [2.24, 2.45) is 0 Å². The van der Waals surface area contributed by atoms with Gasteiger partial charge in [0.25, 0.3) is 5.91 Å². The molecule has 1 atom stereocenters. The molecule has 3 heterocycles. The van der Waals surface area contributed by atoms with Crippen molar-refractivity contribution >= 4 is 17.2 Å². The van der Waals surface area contributed by atoms with Crippen LogP contribution in [-0.4, -0.2) is 48.1 Å². The predicted octanol–water partition coefficient (Wildman–Crippen LogP) is 2.31. The molecule has 0 bridgehead atoms. The Balaban J connectivity index is 1.28. The van der Waals surface area contributed by atoms with Crippen LogP contribution in [-0.2, 0) is 6.54 Å². The van der Waals surface area contributed by atoms with Crippen molar-refractivity contribution < 1.29 is 14.3 Å². The molecule has 0 aliphatic carbocycles. The van der Waals surface area contributed by atoms with Gasteiger partial charge in [0.2, 0.25) is 0 Å². The van der Waals surface area contributed by atoms with E-state index in [2.05, 4.69) is 15.2 Å². The minimum atomic E-state index is -0.184. The van der Waals surface area contributed by atoms with Gasteiger partial charge in [-0.1, -0.05) is 12.1 Å². The van der Waals surface area contributed by atoms with Crippen LogP contribution in [0.3, 0.4) is 0 Å². The van der Waals surface area contributed by atoms with Crippen LogP contribution in [0.25, 0.3) is 0 Å². The molecule has 1 aromatic carbocycles. The Hall–Kier alpha value is -2.12. The number of nitrogens with zero attached hydrogens (tertiary/aromatic N) is 2. The molecule has 0 saturated carbocycles. The fourth-order valence-corrected chi connectivity index (χ4v) is 3.95. The van der Waals surface area contributed by atoms with Crippen molar-refractivity contribution in [2.75, 3.05) is 26.2 Å². The maximum Gasteiger partial charge on any atom is 0.263 e. The maximum absolute atomic E-state index is 12.3. The molecule has 2 aliphatic heterocycles. The topological polar surface area (TPSA) is 63.7 Å². The number of fused-ring (bicyclic) bond motifs is 1. The molecule has 2 aliphatic rings. The van der Waals surface area contributed by atoms with Gasteiger partial charge in [0.05, 0.1) is 19.3 Å². The first-order valence-electron chi connectivity index (χ1n) is 8.62. The Kier molecular flexibility index (Phi) is 4.85. The Morgan fingerprint density at radius 2 is 2.08 bits per heavy atom. The van der Waals surface area contributed by atoms with Crippen LogP contribution in [0.2, 0.25) is 0 Å². The zero-order chi connectivity index (χ0) is 17.1. The summed E-state index contributed by atoms with van der Waals surface area (Å²) in [7, 11) is 0. The number of hydrogen-bond donors (Lipinski definition) is 1. The summed E-state index contributed by atoms with van der Waals surface area (Å²) >= 11 is 1.47. The van der Waals surface area contributed by atoms with Gasteiger partial charge in [0, 0.05) is 0 Å². The largest absolute Gasteiger partial charge is 0.486 e. The van der Waals surface area contributed by atoms with Gasteiger partial charge in [-0.3, -0.25) is 9.69 Å². The number of nitrogens with one attached hydrogen (secondary N) is 1. The van der Waals surface area contributed by atoms with E-state index in [1.165, 1.54) is 24.2 Å². The molecule has 1 N–H and O–H groups in total. The van der Waals surface area contributed by atoms with Crippen LogP contribution in [0.1, 0.15) is 27.5 Å². The lowest BCUT2D eigenvalue weighted by atomic mass is 10.2. The number of hydrogen-bond acceptors (Lipinski definition) is 6. The first-order chi connectivity index (χ1) is 12.3. The molecule has 0 radical (unpaired) electrons. The van der Waals surface area contributed by atoms with E-state index in [9.17, 15) is 4.79 Å².